The SMILES string of the molecule is C[C@@H]1CCC[NH+]([C@@H](c2cccs2)c2sc3ncnn3c2O)C1. The smallest absolute Gasteiger partial charge is 0.235 e. The largest absolute Gasteiger partial charge is 0.492 e. The van der Waals surface area contributed by atoms with Crippen LogP contribution in [0.5, 0.6) is 5.88 Å². The molecule has 5 nitrogen and oxygen atoms in total. The van der Waals surface area contributed by atoms with Gasteiger partial charge in [-0.2, -0.15) is 9.61 Å². The average molecular weight is 335 g/mol. The first kappa shape index (κ1) is 14.2. The van der Waals surface area contributed by atoms with Gasteiger partial charge in [-0.25, -0.2) is 4.98 Å². The Bertz CT molecular complexity index is 764. The molecular formula is C15H19N4OS2+. The number of piperidine rings is 1. The molecule has 0 bridgehead atoms. The second kappa shape index (κ2) is 5.64. The third kappa shape index (κ3) is 2.33. The molecule has 1 fully saturated rings. The van der Waals surface area contributed by atoms with Gasteiger partial charge in [0.25, 0.3) is 0 Å². The number of likely N-dealkylation sites (tertiary alicyclic amines) is 1. The normalized spacial score (nSPS) is 23.9. The summed E-state index contributed by atoms with van der Waals surface area (Å²) in [6, 6.07) is 4.46. The summed E-state index contributed by atoms with van der Waals surface area (Å²) in [6.07, 6.45) is 4.05. The number of hydrogen-bond acceptors (Lipinski definition) is 5. The molecule has 0 spiro atoms. The van der Waals surface area contributed by atoms with E-state index in [2.05, 4.69) is 34.5 Å². The lowest BCUT2D eigenvalue weighted by molar-refractivity contribution is -0.933. The van der Waals surface area contributed by atoms with Gasteiger partial charge in [0.05, 0.1) is 18.0 Å². The van der Waals surface area contributed by atoms with Gasteiger partial charge in [-0.05, 0) is 24.3 Å². The van der Waals surface area contributed by atoms with Gasteiger partial charge in [0.2, 0.25) is 10.8 Å². The van der Waals surface area contributed by atoms with Crippen molar-refractivity contribution in [2.75, 3.05) is 13.1 Å². The number of rotatable bonds is 3. The van der Waals surface area contributed by atoms with E-state index in [1.165, 1.54) is 24.0 Å². The van der Waals surface area contributed by atoms with Gasteiger partial charge in [-0.15, -0.1) is 11.3 Å². The molecule has 0 saturated carbocycles. The fourth-order valence-corrected chi connectivity index (χ4v) is 5.52. The molecule has 2 N–H and O–H groups in total. The summed E-state index contributed by atoms with van der Waals surface area (Å²) >= 11 is 3.32. The van der Waals surface area contributed by atoms with Crippen LogP contribution in [-0.4, -0.2) is 32.8 Å². The van der Waals surface area contributed by atoms with Crippen molar-refractivity contribution in [3.8, 4) is 5.88 Å². The summed E-state index contributed by atoms with van der Waals surface area (Å²) in [6.45, 7) is 4.63. The summed E-state index contributed by atoms with van der Waals surface area (Å²) in [5.41, 5.74) is 0. The highest BCUT2D eigenvalue weighted by Gasteiger charge is 2.35. The minimum Gasteiger partial charge on any atom is -0.492 e. The molecule has 0 aromatic carbocycles. The number of hydrogen-bond donors (Lipinski definition) is 2. The van der Waals surface area contributed by atoms with E-state index in [0.717, 1.165) is 28.8 Å². The summed E-state index contributed by atoms with van der Waals surface area (Å²) < 4.78 is 1.55. The van der Waals surface area contributed by atoms with Crippen molar-refractivity contribution in [1.82, 2.24) is 14.6 Å². The third-order valence-corrected chi connectivity index (χ3v) is 6.48. The molecule has 0 aliphatic carbocycles. The molecular weight excluding hydrogens is 316 g/mol. The van der Waals surface area contributed by atoms with E-state index in [1.54, 1.807) is 32.1 Å². The van der Waals surface area contributed by atoms with Crippen LogP contribution in [0.3, 0.4) is 0 Å². The van der Waals surface area contributed by atoms with Gasteiger partial charge in [0.15, 0.2) is 6.04 Å². The molecule has 3 atom stereocenters. The molecule has 4 heterocycles. The van der Waals surface area contributed by atoms with Crippen molar-refractivity contribution < 1.29 is 10.0 Å². The highest BCUT2D eigenvalue weighted by Crippen LogP contribution is 2.36. The van der Waals surface area contributed by atoms with E-state index >= 15 is 0 Å². The summed E-state index contributed by atoms with van der Waals surface area (Å²) in [5.74, 6) is 0.983. The van der Waals surface area contributed by atoms with Crippen LogP contribution in [0, 0.1) is 5.92 Å². The highest BCUT2D eigenvalue weighted by molar-refractivity contribution is 7.17. The van der Waals surface area contributed by atoms with Gasteiger partial charge < -0.3 is 10.0 Å². The molecule has 4 rings (SSSR count). The van der Waals surface area contributed by atoms with E-state index < -0.39 is 0 Å². The van der Waals surface area contributed by atoms with E-state index in [9.17, 15) is 5.11 Å². The first-order chi connectivity index (χ1) is 10.7. The number of nitrogens with one attached hydrogen (secondary N) is 1. The number of fused-ring (bicyclic) bond motifs is 1. The summed E-state index contributed by atoms with van der Waals surface area (Å²) in [5, 5.41) is 16.8. The van der Waals surface area contributed by atoms with Crippen LogP contribution in [-0.2, 0) is 0 Å². The van der Waals surface area contributed by atoms with E-state index in [1.807, 2.05) is 0 Å². The van der Waals surface area contributed by atoms with Gasteiger partial charge in [-0.1, -0.05) is 24.3 Å². The number of thiophene rings is 1. The Morgan fingerprint density at radius 1 is 1.50 bits per heavy atom. The fraction of sp³-hybridized carbons (Fsp3) is 0.467. The van der Waals surface area contributed by atoms with Crippen LogP contribution < -0.4 is 4.90 Å². The number of aromatic hydroxyl groups is 1. The van der Waals surface area contributed by atoms with Gasteiger partial charge in [0, 0.05) is 5.92 Å². The lowest BCUT2D eigenvalue weighted by Crippen LogP contribution is -3.13. The van der Waals surface area contributed by atoms with Crippen LogP contribution in [0.1, 0.15) is 35.6 Å². The maximum atomic E-state index is 10.6. The predicted octanol–water partition coefficient (Wildman–Crippen LogP) is 1.96. The maximum Gasteiger partial charge on any atom is 0.235 e. The topological polar surface area (TPSA) is 54.9 Å². The average Bonchev–Trinajstić information content (AvgIpc) is 3.21. The zero-order valence-corrected chi connectivity index (χ0v) is 14.0. The van der Waals surface area contributed by atoms with Gasteiger partial charge >= 0.3 is 0 Å². The second-order valence-corrected chi connectivity index (χ2v) is 8.04. The van der Waals surface area contributed by atoms with Crippen molar-refractivity contribution in [3.05, 3.63) is 33.6 Å². The standard InChI is InChI=1S/C15H18N4OS2/c1-10-4-2-6-18(8-10)12(11-5-3-7-21-11)13-14(20)19-15(22-13)16-9-17-19/h3,5,7,9-10,12,20H,2,4,6,8H2,1H3/p+1/t10-,12+/m1/s1. The maximum absolute atomic E-state index is 10.6. The molecule has 0 radical (unpaired) electrons. The molecule has 22 heavy (non-hydrogen) atoms. The number of aromatic nitrogens is 3. The van der Waals surface area contributed by atoms with Crippen LogP contribution in [0.15, 0.2) is 23.8 Å². The Morgan fingerprint density at radius 3 is 3.14 bits per heavy atom. The molecule has 1 unspecified atom stereocenters. The highest BCUT2D eigenvalue weighted by atomic mass is 32.1. The van der Waals surface area contributed by atoms with Crippen LogP contribution in [0.4, 0.5) is 0 Å². The Morgan fingerprint density at radius 2 is 2.41 bits per heavy atom. The fourth-order valence-electron chi connectivity index (χ4n) is 3.44. The zero-order chi connectivity index (χ0) is 15.1. The first-order valence-electron chi connectivity index (χ1n) is 7.63. The number of nitrogens with zero attached hydrogens (tertiary/aromatic N) is 3. The van der Waals surface area contributed by atoms with Crippen molar-refractivity contribution >= 4 is 27.6 Å². The molecule has 3 aromatic heterocycles. The monoisotopic (exact) mass is 335 g/mol. The van der Waals surface area contributed by atoms with Crippen molar-refractivity contribution in [2.24, 2.45) is 5.92 Å². The third-order valence-electron chi connectivity index (χ3n) is 4.44. The Kier molecular flexibility index (Phi) is 3.63. The zero-order valence-electron chi connectivity index (χ0n) is 12.4. The molecule has 116 valence electrons. The minimum absolute atomic E-state index is 0.191. The Balaban J connectivity index is 1.79. The van der Waals surface area contributed by atoms with Crippen molar-refractivity contribution in [2.45, 2.75) is 25.8 Å². The van der Waals surface area contributed by atoms with Crippen LogP contribution in [0.25, 0.3) is 4.96 Å². The number of thiazole rings is 1. The summed E-state index contributed by atoms with van der Waals surface area (Å²) in [4.78, 5) is 8.83. The van der Waals surface area contributed by atoms with Gasteiger partial charge in [0.1, 0.15) is 11.2 Å². The van der Waals surface area contributed by atoms with Crippen LogP contribution >= 0.6 is 22.7 Å². The second-order valence-electron chi connectivity index (χ2n) is 6.05. The molecule has 1 aliphatic rings. The van der Waals surface area contributed by atoms with E-state index in [4.69, 9.17) is 0 Å². The quantitative estimate of drug-likeness (QED) is 0.769. The van der Waals surface area contributed by atoms with Gasteiger partial charge in [-0.3, -0.25) is 0 Å². The molecule has 0 amide bonds. The lowest BCUT2D eigenvalue weighted by atomic mass is 9.98. The van der Waals surface area contributed by atoms with E-state index in [-0.39, 0.29) is 11.9 Å². The van der Waals surface area contributed by atoms with Crippen LogP contribution in [0.2, 0.25) is 0 Å². The number of quaternary nitrogens is 1. The minimum atomic E-state index is 0.191. The Hall–Kier alpha value is -1.44. The molecule has 1 saturated heterocycles. The van der Waals surface area contributed by atoms with Crippen molar-refractivity contribution in [3.63, 3.8) is 0 Å². The molecule has 7 heteroatoms. The molecule has 3 aromatic rings. The van der Waals surface area contributed by atoms with Crippen molar-refractivity contribution in [1.29, 1.82) is 0 Å². The lowest BCUT2D eigenvalue weighted by Gasteiger charge is -2.33. The molecule has 1 aliphatic heterocycles. The predicted molar refractivity (Wildman–Crippen MR) is 87.8 cm³/mol. The Labute approximate surface area is 136 Å². The summed E-state index contributed by atoms with van der Waals surface area (Å²) in [7, 11) is 0. The first-order valence-corrected chi connectivity index (χ1v) is 9.33. The van der Waals surface area contributed by atoms with E-state index in [0.29, 0.717) is 0 Å².